The first-order chi connectivity index (χ1) is 13.9. The minimum atomic E-state index is -3.72. The molecule has 3 rings (SSSR count). The fourth-order valence-electron chi connectivity index (χ4n) is 3.03. The van der Waals surface area contributed by atoms with Crippen molar-refractivity contribution in [3.05, 3.63) is 65.5 Å². The molecular formula is C21H21FN2O4S. The van der Waals surface area contributed by atoms with Gasteiger partial charge in [-0.05, 0) is 35.9 Å². The zero-order chi connectivity index (χ0) is 20.9. The predicted octanol–water partition coefficient (Wildman–Crippen LogP) is 2.12. The van der Waals surface area contributed by atoms with E-state index in [0.29, 0.717) is 18.8 Å². The lowest BCUT2D eigenvalue weighted by molar-refractivity contribution is 0.0729. The van der Waals surface area contributed by atoms with Crippen molar-refractivity contribution in [2.75, 3.05) is 32.8 Å². The maximum atomic E-state index is 13.1. The number of carbonyl (C=O) groups is 1. The van der Waals surface area contributed by atoms with Crippen LogP contribution in [0.15, 0.2) is 53.4 Å². The lowest BCUT2D eigenvalue weighted by Crippen LogP contribution is -2.40. The number of ether oxygens (including phenoxy) is 1. The molecule has 0 bridgehead atoms. The van der Waals surface area contributed by atoms with E-state index in [1.807, 2.05) is 0 Å². The summed E-state index contributed by atoms with van der Waals surface area (Å²) in [5.41, 5.74) is 0.934. The van der Waals surface area contributed by atoms with Crippen LogP contribution >= 0.6 is 0 Å². The molecule has 2 aromatic rings. The SMILES string of the molecule is C#CCN(Cc1ccc(F)cc1)C(=O)c1cccc(S(=O)(=O)N2CCOCC2)c1. The first-order valence-corrected chi connectivity index (χ1v) is 10.5. The minimum Gasteiger partial charge on any atom is -0.379 e. The molecule has 152 valence electrons. The summed E-state index contributed by atoms with van der Waals surface area (Å²) in [7, 11) is -3.72. The number of sulfonamides is 1. The van der Waals surface area contributed by atoms with E-state index in [-0.39, 0.29) is 42.5 Å². The van der Waals surface area contributed by atoms with Gasteiger partial charge in [-0.3, -0.25) is 4.79 Å². The third kappa shape index (κ3) is 5.01. The van der Waals surface area contributed by atoms with Crippen LogP contribution in [0.5, 0.6) is 0 Å². The van der Waals surface area contributed by atoms with Gasteiger partial charge in [0.2, 0.25) is 10.0 Å². The molecule has 0 atom stereocenters. The molecule has 1 amide bonds. The van der Waals surface area contributed by atoms with Crippen LogP contribution in [0.3, 0.4) is 0 Å². The summed E-state index contributed by atoms with van der Waals surface area (Å²) < 4.78 is 45.4. The van der Waals surface area contributed by atoms with Gasteiger partial charge in [-0.2, -0.15) is 4.31 Å². The highest BCUT2D eigenvalue weighted by Crippen LogP contribution is 2.20. The van der Waals surface area contributed by atoms with Crippen molar-refractivity contribution < 1.29 is 22.3 Å². The van der Waals surface area contributed by atoms with Gasteiger partial charge in [-0.25, -0.2) is 12.8 Å². The number of rotatable bonds is 6. The number of nitrogens with zero attached hydrogens (tertiary/aromatic N) is 2. The van der Waals surface area contributed by atoms with Gasteiger partial charge in [0.15, 0.2) is 0 Å². The van der Waals surface area contributed by atoms with E-state index in [1.165, 1.54) is 39.5 Å². The Morgan fingerprint density at radius 3 is 2.52 bits per heavy atom. The molecule has 0 radical (unpaired) electrons. The molecule has 29 heavy (non-hydrogen) atoms. The zero-order valence-corrected chi connectivity index (χ0v) is 16.6. The van der Waals surface area contributed by atoms with E-state index in [4.69, 9.17) is 11.2 Å². The van der Waals surface area contributed by atoms with Crippen LogP contribution in [0.4, 0.5) is 4.39 Å². The summed E-state index contributed by atoms with van der Waals surface area (Å²) in [5, 5.41) is 0. The van der Waals surface area contributed by atoms with Crippen molar-refractivity contribution in [1.82, 2.24) is 9.21 Å². The zero-order valence-electron chi connectivity index (χ0n) is 15.8. The number of halogens is 1. The van der Waals surface area contributed by atoms with Gasteiger partial charge in [-0.1, -0.05) is 24.1 Å². The lowest BCUT2D eigenvalue weighted by Gasteiger charge is -2.26. The Hall–Kier alpha value is -2.73. The topological polar surface area (TPSA) is 66.9 Å². The summed E-state index contributed by atoms with van der Waals surface area (Å²) >= 11 is 0. The second-order valence-corrected chi connectivity index (χ2v) is 8.47. The van der Waals surface area contributed by atoms with E-state index in [1.54, 1.807) is 18.2 Å². The number of morpholine rings is 1. The normalized spacial score (nSPS) is 14.9. The Morgan fingerprint density at radius 1 is 1.17 bits per heavy atom. The van der Waals surface area contributed by atoms with Crippen LogP contribution in [-0.2, 0) is 21.3 Å². The Kier molecular flexibility index (Phi) is 6.64. The first-order valence-electron chi connectivity index (χ1n) is 9.07. The average Bonchev–Trinajstić information content (AvgIpc) is 2.75. The number of terminal acetylenes is 1. The standard InChI is InChI=1S/C21H21FN2O4S/c1-2-10-23(16-17-6-8-19(22)9-7-17)21(25)18-4-3-5-20(15-18)29(26,27)24-11-13-28-14-12-24/h1,3-9,15H,10-14,16H2. The summed E-state index contributed by atoms with van der Waals surface area (Å²) in [6.45, 7) is 1.44. The molecule has 1 heterocycles. The minimum absolute atomic E-state index is 0.0383. The smallest absolute Gasteiger partial charge is 0.254 e. The molecule has 0 unspecified atom stereocenters. The van der Waals surface area contributed by atoms with Crippen LogP contribution in [0.25, 0.3) is 0 Å². The van der Waals surface area contributed by atoms with Gasteiger partial charge >= 0.3 is 0 Å². The van der Waals surface area contributed by atoms with Crippen molar-refractivity contribution >= 4 is 15.9 Å². The van der Waals surface area contributed by atoms with Crippen molar-refractivity contribution in [1.29, 1.82) is 0 Å². The number of benzene rings is 2. The molecule has 0 spiro atoms. The van der Waals surface area contributed by atoms with Gasteiger partial charge in [0.05, 0.1) is 24.7 Å². The Morgan fingerprint density at radius 2 is 1.86 bits per heavy atom. The van der Waals surface area contributed by atoms with Crippen molar-refractivity contribution in [3.63, 3.8) is 0 Å². The van der Waals surface area contributed by atoms with E-state index < -0.39 is 15.9 Å². The van der Waals surface area contributed by atoms with Gasteiger partial charge in [-0.15, -0.1) is 6.42 Å². The molecule has 0 saturated carbocycles. The van der Waals surface area contributed by atoms with Crippen LogP contribution < -0.4 is 0 Å². The molecule has 8 heteroatoms. The molecule has 1 aliphatic heterocycles. The largest absolute Gasteiger partial charge is 0.379 e. The number of carbonyl (C=O) groups excluding carboxylic acids is 1. The van der Waals surface area contributed by atoms with Gasteiger partial charge in [0.25, 0.3) is 5.91 Å². The lowest BCUT2D eigenvalue weighted by atomic mass is 10.1. The molecule has 1 aliphatic rings. The van der Waals surface area contributed by atoms with Gasteiger partial charge < -0.3 is 9.64 Å². The Labute approximate surface area is 169 Å². The third-order valence-electron chi connectivity index (χ3n) is 4.54. The predicted molar refractivity (Wildman–Crippen MR) is 106 cm³/mol. The maximum absolute atomic E-state index is 13.1. The highest BCUT2D eigenvalue weighted by atomic mass is 32.2. The van der Waals surface area contributed by atoms with Crippen molar-refractivity contribution in [2.45, 2.75) is 11.4 Å². The van der Waals surface area contributed by atoms with Crippen LogP contribution in [0.2, 0.25) is 0 Å². The number of hydrogen-bond acceptors (Lipinski definition) is 4. The second-order valence-electron chi connectivity index (χ2n) is 6.54. The van der Waals surface area contributed by atoms with Gasteiger partial charge in [0, 0.05) is 25.2 Å². The average molecular weight is 416 g/mol. The first kappa shape index (κ1) is 21.0. The highest BCUT2D eigenvalue weighted by molar-refractivity contribution is 7.89. The molecule has 6 nitrogen and oxygen atoms in total. The second kappa shape index (κ2) is 9.18. The molecule has 0 aliphatic carbocycles. The Bertz CT molecular complexity index is 1010. The summed E-state index contributed by atoms with van der Waals surface area (Å²) in [4.78, 5) is 14.4. The molecular weight excluding hydrogens is 395 g/mol. The third-order valence-corrected chi connectivity index (χ3v) is 6.44. The summed E-state index contributed by atoms with van der Waals surface area (Å²) in [6.07, 6.45) is 5.40. The molecule has 0 aromatic heterocycles. The quantitative estimate of drug-likeness (QED) is 0.677. The van der Waals surface area contributed by atoms with E-state index in [0.717, 1.165) is 0 Å². The molecule has 2 aromatic carbocycles. The van der Waals surface area contributed by atoms with Crippen LogP contribution in [0.1, 0.15) is 15.9 Å². The maximum Gasteiger partial charge on any atom is 0.254 e. The molecule has 1 fully saturated rings. The van der Waals surface area contributed by atoms with E-state index in [2.05, 4.69) is 5.92 Å². The number of amides is 1. The molecule has 1 saturated heterocycles. The van der Waals surface area contributed by atoms with Crippen LogP contribution in [-0.4, -0.2) is 56.4 Å². The van der Waals surface area contributed by atoms with Crippen molar-refractivity contribution in [3.8, 4) is 12.3 Å². The van der Waals surface area contributed by atoms with E-state index >= 15 is 0 Å². The summed E-state index contributed by atoms with van der Waals surface area (Å²) in [5.74, 6) is 1.67. The van der Waals surface area contributed by atoms with Gasteiger partial charge in [0.1, 0.15) is 5.82 Å². The van der Waals surface area contributed by atoms with Crippen LogP contribution in [0, 0.1) is 18.2 Å². The monoisotopic (exact) mass is 416 g/mol. The fraction of sp³-hybridized carbons (Fsp3) is 0.286. The highest BCUT2D eigenvalue weighted by Gasteiger charge is 2.27. The summed E-state index contributed by atoms with van der Waals surface area (Å²) in [6, 6.07) is 11.7. The van der Waals surface area contributed by atoms with E-state index in [9.17, 15) is 17.6 Å². The molecule has 0 N–H and O–H groups in total. The Balaban J connectivity index is 1.84. The van der Waals surface area contributed by atoms with Crippen molar-refractivity contribution in [2.24, 2.45) is 0 Å². The fourth-order valence-corrected chi connectivity index (χ4v) is 4.48. The number of hydrogen-bond donors (Lipinski definition) is 0.